The molecule has 0 amide bonds. The van der Waals surface area contributed by atoms with Crippen LogP contribution >= 0.6 is 0 Å². The van der Waals surface area contributed by atoms with E-state index in [0.29, 0.717) is 30.0 Å². The van der Waals surface area contributed by atoms with Gasteiger partial charge in [0, 0.05) is 6.07 Å². The van der Waals surface area contributed by atoms with Crippen molar-refractivity contribution >= 4 is 0 Å². The van der Waals surface area contributed by atoms with Gasteiger partial charge in [0.15, 0.2) is 0 Å². The highest BCUT2D eigenvalue weighted by Gasteiger charge is 2.25. The van der Waals surface area contributed by atoms with Crippen LogP contribution in [0.2, 0.25) is 0 Å². The Morgan fingerprint density at radius 3 is 2.29 bits per heavy atom. The zero-order chi connectivity index (χ0) is 19.8. The van der Waals surface area contributed by atoms with Gasteiger partial charge in [-0.2, -0.15) is 0 Å². The maximum Gasteiger partial charge on any atom is 0.137 e. The zero-order valence-electron chi connectivity index (χ0n) is 15.6. The number of rotatable bonds is 4. The molecule has 144 valence electrons. The topological polar surface area (TPSA) is 0 Å². The fourth-order valence-corrected chi connectivity index (χ4v) is 4.02. The molecule has 0 aliphatic heterocycles. The number of halogens is 4. The van der Waals surface area contributed by atoms with Crippen LogP contribution in [0.1, 0.15) is 36.5 Å². The second-order valence-corrected chi connectivity index (χ2v) is 7.33. The first-order chi connectivity index (χ1) is 13.5. The minimum Gasteiger partial charge on any atom is -0.207 e. The molecule has 0 atom stereocenters. The van der Waals surface area contributed by atoms with Gasteiger partial charge in [0.05, 0.1) is 5.56 Å². The van der Waals surface area contributed by atoms with E-state index in [9.17, 15) is 13.2 Å². The molecule has 0 fully saturated rings. The van der Waals surface area contributed by atoms with E-state index in [-0.39, 0.29) is 11.1 Å². The maximum absolute atomic E-state index is 15.2. The van der Waals surface area contributed by atoms with Crippen molar-refractivity contribution in [2.24, 2.45) is 0 Å². The number of unbranched alkanes of at least 4 members (excludes halogenated alkanes) is 1. The summed E-state index contributed by atoms with van der Waals surface area (Å²) in [5, 5.41) is 0. The molecule has 1 aliphatic rings. The molecule has 0 heterocycles. The third-order valence-electron chi connectivity index (χ3n) is 5.39. The van der Waals surface area contributed by atoms with E-state index < -0.39 is 23.3 Å². The fourth-order valence-electron chi connectivity index (χ4n) is 4.02. The Bertz CT molecular complexity index is 1030. The largest absolute Gasteiger partial charge is 0.207 e. The Labute approximate surface area is 161 Å². The van der Waals surface area contributed by atoms with E-state index in [1.54, 1.807) is 0 Å². The van der Waals surface area contributed by atoms with E-state index in [2.05, 4.69) is 13.0 Å². The minimum absolute atomic E-state index is 0.129. The van der Waals surface area contributed by atoms with Gasteiger partial charge in [0.2, 0.25) is 0 Å². The molecule has 3 aromatic carbocycles. The van der Waals surface area contributed by atoms with E-state index in [1.165, 1.54) is 11.6 Å². The molecule has 4 rings (SSSR count). The quantitative estimate of drug-likeness (QED) is 0.424. The Kier molecular flexibility index (Phi) is 4.96. The molecule has 28 heavy (non-hydrogen) atoms. The highest BCUT2D eigenvalue weighted by Crippen LogP contribution is 2.40. The standard InChI is InChI=1S/C24H20F4/c1-2-3-4-14-5-7-19-15(9-14)6-8-20-21(19)13-22(27)23(24(20)28)16-10-17(25)12-18(26)11-16/h5,7,9-13H,2-4,6,8H2,1H3. The second kappa shape index (κ2) is 7.42. The van der Waals surface area contributed by atoms with E-state index in [0.717, 1.165) is 42.5 Å². The van der Waals surface area contributed by atoms with Crippen molar-refractivity contribution in [2.75, 3.05) is 0 Å². The summed E-state index contributed by atoms with van der Waals surface area (Å²) in [6, 6.07) is 9.94. The molecule has 1 aliphatic carbocycles. The Morgan fingerprint density at radius 1 is 0.821 bits per heavy atom. The van der Waals surface area contributed by atoms with E-state index in [1.807, 2.05) is 12.1 Å². The van der Waals surface area contributed by atoms with Crippen LogP contribution in [-0.2, 0) is 19.3 Å². The van der Waals surface area contributed by atoms with Crippen LogP contribution in [0, 0.1) is 23.3 Å². The average molecular weight is 384 g/mol. The molecule has 0 saturated heterocycles. The molecule has 0 aromatic heterocycles. The molecular weight excluding hydrogens is 364 g/mol. The van der Waals surface area contributed by atoms with Crippen LogP contribution in [0.5, 0.6) is 0 Å². The van der Waals surface area contributed by atoms with Crippen molar-refractivity contribution in [3.05, 3.63) is 82.4 Å². The third-order valence-corrected chi connectivity index (χ3v) is 5.39. The molecule has 0 radical (unpaired) electrons. The molecular formula is C24H20F4. The fraction of sp³-hybridized carbons (Fsp3) is 0.250. The Balaban J connectivity index is 1.82. The van der Waals surface area contributed by atoms with Crippen molar-refractivity contribution in [1.29, 1.82) is 0 Å². The molecule has 0 spiro atoms. The normalized spacial score (nSPS) is 12.6. The summed E-state index contributed by atoms with van der Waals surface area (Å²) in [6.07, 6.45) is 4.29. The first-order valence-electron chi connectivity index (χ1n) is 9.57. The predicted molar refractivity (Wildman–Crippen MR) is 103 cm³/mol. The van der Waals surface area contributed by atoms with Gasteiger partial charge in [0.25, 0.3) is 0 Å². The zero-order valence-corrected chi connectivity index (χ0v) is 15.6. The SMILES string of the molecule is CCCCc1ccc2c(c1)CCc1c-2cc(F)c(-c2cc(F)cc(F)c2)c1F. The van der Waals surface area contributed by atoms with Crippen LogP contribution < -0.4 is 0 Å². The highest BCUT2D eigenvalue weighted by molar-refractivity contribution is 5.78. The molecule has 4 heteroatoms. The summed E-state index contributed by atoms with van der Waals surface area (Å²) in [6.45, 7) is 2.14. The first kappa shape index (κ1) is 18.7. The van der Waals surface area contributed by atoms with Gasteiger partial charge < -0.3 is 0 Å². The monoisotopic (exact) mass is 384 g/mol. The van der Waals surface area contributed by atoms with Gasteiger partial charge in [-0.05, 0) is 77.3 Å². The van der Waals surface area contributed by atoms with Gasteiger partial charge >= 0.3 is 0 Å². The van der Waals surface area contributed by atoms with Crippen LogP contribution in [0.4, 0.5) is 17.6 Å². The van der Waals surface area contributed by atoms with Gasteiger partial charge in [-0.3, -0.25) is 0 Å². The van der Waals surface area contributed by atoms with Gasteiger partial charge in [-0.15, -0.1) is 0 Å². The van der Waals surface area contributed by atoms with Gasteiger partial charge in [-0.1, -0.05) is 31.5 Å². The van der Waals surface area contributed by atoms with Crippen molar-refractivity contribution in [1.82, 2.24) is 0 Å². The molecule has 3 aromatic rings. The average Bonchev–Trinajstić information content (AvgIpc) is 2.65. The summed E-state index contributed by atoms with van der Waals surface area (Å²) in [4.78, 5) is 0. The van der Waals surface area contributed by atoms with Gasteiger partial charge in [0.1, 0.15) is 23.3 Å². The lowest BCUT2D eigenvalue weighted by atomic mass is 9.82. The molecule has 0 saturated carbocycles. The smallest absolute Gasteiger partial charge is 0.137 e. The molecule has 0 unspecified atom stereocenters. The number of hydrogen-bond acceptors (Lipinski definition) is 0. The summed E-state index contributed by atoms with van der Waals surface area (Å²) >= 11 is 0. The minimum atomic E-state index is -0.864. The Hall–Kier alpha value is -2.62. The summed E-state index contributed by atoms with van der Waals surface area (Å²) in [5.74, 6) is -3.28. The Morgan fingerprint density at radius 2 is 1.57 bits per heavy atom. The van der Waals surface area contributed by atoms with Crippen molar-refractivity contribution in [2.45, 2.75) is 39.0 Å². The second-order valence-electron chi connectivity index (χ2n) is 7.33. The predicted octanol–water partition coefficient (Wildman–Crippen LogP) is 7.02. The number of aryl methyl sites for hydroxylation is 2. The van der Waals surface area contributed by atoms with Crippen molar-refractivity contribution in [3.8, 4) is 22.3 Å². The van der Waals surface area contributed by atoms with E-state index >= 15 is 4.39 Å². The first-order valence-corrected chi connectivity index (χ1v) is 9.57. The molecule has 0 bridgehead atoms. The van der Waals surface area contributed by atoms with Crippen LogP contribution in [0.15, 0.2) is 42.5 Å². The van der Waals surface area contributed by atoms with Crippen LogP contribution in [0.25, 0.3) is 22.3 Å². The third kappa shape index (κ3) is 3.32. The van der Waals surface area contributed by atoms with Crippen LogP contribution in [0.3, 0.4) is 0 Å². The molecule has 0 nitrogen and oxygen atoms in total. The van der Waals surface area contributed by atoms with Gasteiger partial charge in [-0.25, -0.2) is 17.6 Å². The maximum atomic E-state index is 15.2. The summed E-state index contributed by atoms with van der Waals surface area (Å²) < 4.78 is 57.2. The summed E-state index contributed by atoms with van der Waals surface area (Å²) in [7, 11) is 0. The molecule has 0 N–H and O–H groups in total. The highest BCUT2D eigenvalue weighted by atomic mass is 19.1. The van der Waals surface area contributed by atoms with Crippen LogP contribution in [-0.4, -0.2) is 0 Å². The lowest BCUT2D eigenvalue weighted by molar-refractivity contribution is 0.572. The summed E-state index contributed by atoms with van der Waals surface area (Å²) in [5.41, 5.74) is 3.57. The van der Waals surface area contributed by atoms with Crippen molar-refractivity contribution < 1.29 is 17.6 Å². The number of benzene rings is 3. The number of fused-ring (bicyclic) bond motifs is 3. The number of hydrogen-bond donors (Lipinski definition) is 0. The lowest BCUT2D eigenvalue weighted by Gasteiger charge is -2.23. The lowest BCUT2D eigenvalue weighted by Crippen LogP contribution is -2.09. The van der Waals surface area contributed by atoms with Crippen molar-refractivity contribution in [3.63, 3.8) is 0 Å². The van der Waals surface area contributed by atoms with E-state index in [4.69, 9.17) is 0 Å².